The molecule has 2 aliphatic rings. The molecule has 1 aliphatic heterocycles. The Balaban J connectivity index is 1.07. The predicted octanol–water partition coefficient (Wildman–Crippen LogP) is 6.79. The van der Waals surface area contributed by atoms with Gasteiger partial charge in [-0.3, -0.25) is 4.79 Å². The van der Waals surface area contributed by atoms with Gasteiger partial charge >= 0.3 is 0 Å². The van der Waals surface area contributed by atoms with Crippen LogP contribution in [0.5, 0.6) is 0 Å². The molecule has 0 unspecified atom stereocenters. The smallest absolute Gasteiger partial charge is 0.244 e. The fourth-order valence-corrected chi connectivity index (χ4v) is 5.94. The van der Waals surface area contributed by atoms with Crippen LogP contribution in [0.2, 0.25) is 10.0 Å². The summed E-state index contributed by atoms with van der Waals surface area (Å²) in [4.78, 5) is 18.5. The van der Waals surface area contributed by atoms with Crippen molar-refractivity contribution in [1.29, 1.82) is 0 Å². The van der Waals surface area contributed by atoms with Crippen LogP contribution in [0.3, 0.4) is 0 Å². The molecule has 0 spiro atoms. The zero-order chi connectivity index (χ0) is 23.5. The van der Waals surface area contributed by atoms with Gasteiger partial charge in [0.15, 0.2) is 0 Å². The molecule has 2 aromatic carbocycles. The molecule has 2 heterocycles. The summed E-state index contributed by atoms with van der Waals surface area (Å²) < 4.78 is 0. The first kappa shape index (κ1) is 23.5. The summed E-state index contributed by atoms with van der Waals surface area (Å²) in [6, 6.07) is 14.9. The number of piperidine rings is 1. The maximum Gasteiger partial charge on any atom is 0.244 e. The lowest BCUT2D eigenvalue weighted by Gasteiger charge is -2.41. The molecule has 34 heavy (non-hydrogen) atoms. The number of carbonyl (C=O) groups is 1. The molecule has 6 heteroatoms. The van der Waals surface area contributed by atoms with Crippen molar-refractivity contribution in [3.05, 3.63) is 75.9 Å². The first-order valence-corrected chi connectivity index (χ1v) is 13.1. The third kappa shape index (κ3) is 5.35. The van der Waals surface area contributed by atoms with Crippen molar-refractivity contribution in [2.24, 2.45) is 0 Å². The number of aromatic amines is 1. The Labute approximate surface area is 211 Å². The number of rotatable bonds is 5. The Morgan fingerprint density at radius 3 is 2.50 bits per heavy atom. The fourth-order valence-electron chi connectivity index (χ4n) is 5.63. The summed E-state index contributed by atoms with van der Waals surface area (Å²) in [6.45, 7) is 2.33. The Hall–Kier alpha value is -2.27. The molecule has 2 N–H and O–H groups in total. The zero-order valence-electron chi connectivity index (χ0n) is 19.3. The summed E-state index contributed by atoms with van der Waals surface area (Å²) in [7, 11) is 0. The lowest BCUT2D eigenvalue weighted by molar-refractivity contribution is -0.117. The van der Waals surface area contributed by atoms with E-state index in [0.29, 0.717) is 22.0 Å². The minimum absolute atomic E-state index is 0.0472. The SMILES string of the molecule is O=C(/C=C/c1ccc(Cl)c(Cl)c1)NC1CCC(N2CCC(c3c[nH]c4ccccc34)CC2)CC1. The van der Waals surface area contributed by atoms with Crippen LogP contribution in [-0.4, -0.2) is 41.0 Å². The number of para-hydroxylation sites is 1. The molecular weight excluding hydrogens is 465 g/mol. The largest absolute Gasteiger partial charge is 0.361 e. The van der Waals surface area contributed by atoms with E-state index < -0.39 is 0 Å². The predicted molar refractivity (Wildman–Crippen MR) is 142 cm³/mol. The maximum absolute atomic E-state index is 12.4. The molecule has 0 bridgehead atoms. The second kappa shape index (κ2) is 10.6. The van der Waals surface area contributed by atoms with Crippen LogP contribution in [0.4, 0.5) is 0 Å². The van der Waals surface area contributed by atoms with E-state index in [1.807, 2.05) is 6.07 Å². The molecule has 178 valence electrons. The number of fused-ring (bicyclic) bond motifs is 1. The van der Waals surface area contributed by atoms with E-state index >= 15 is 0 Å². The topological polar surface area (TPSA) is 48.1 Å². The summed E-state index contributed by atoms with van der Waals surface area (Å²) in [5.41, 5.74) is 3.59. The van der Waals surface area contributed by atoms with Crippen LogP contribution in [0.15, 0.2) is 54.7 Å². The van der Waals surface area contributed by atoms with Gasteiger partial charge in [-0.25, -0.2) is 0 Å². The van der Waals surface area contributed by atoms with Gasteiger partial charge in [0.05, 0.1) is 10.0 Å². The van der Waals surface area contributed by atoms with Crippen LogP contribution in [-0.2, 0) is 4.79 Å². The standard InChI is InChI=1S/C28H31Cl2N3O/c29-25-11-5-19(17-26(25)30)6-12-28(34)32-21-7-9-22(10-8-21)33-15-13-20(14-16-33)24-18-31-27-4-2-1-3-23(24)27/h1-6,11-12,17-18,20-22,31H,7-10,13-16H2,(H,32,34)/b12-6+. The number of halogens is 2. The number of hydrogen-bond donors (Lipinski definition) is 2. The monoisotopic (exact) mass is 495 g/mol. The van der Waals surface area contributed by atoms with Gasteiger partial charge in [-0.2, -0.15) is 0 Å². The van der Waals surface area contributed by atoms with Crippen molar-refractivity contribution in [3.63, 3.8) is 0 Å². The van der Waals surface area contributed by atoms with E-state index in [1.54, 1.807) is 24.3 Å². The Bertz CT molecular complexity index is 1170. The highest BCUT2D eigenvalue weighted by molar-refractivity contribution is 6.42. The number of amides is 1. The molecule has 1 saturated heterocycles. The van der Waals surface area contributed by atoms with Crippen LogP contribution < -0.4 is 5.32 Å². The van der Waals surface area contributed by atoms with Crippen LogP contribution in [0, 0.1) is 0 Å². The van der Waals surface area contributed by atoms with Crippen molar-refractivity contribution in [2.75, 3.05) is 13.1 Å². The minimum Gasteiger partial charge on any atom is -0.361 e. The first-order chi connectivity index (χ1) is 16.6. The van der Waals surface area contributed by atoms with Gasteiger partial charge in [-0.05, 0) is 92.9 Å². The molecule has 0 radical (unpaired) electrons. The third-order valence-electron chi connectivity index (χ3n) is 7.52. The number of benzene rings is 2. The van der Waals surface area contributed by atoms with Crippen molar-refractivity contribution < 1.29 is 4.79 Å². The quantitative estimate of drug-likeness (QED) is 0.382. The van der Waals surface area contributed by atoms with E-state index in [-0.39, 0.29) is 11.9 Å². The van der Waals surface area contributed by atoms with Crippen molar-refractivity contribution >= 4 is 46.1 Å². The van der Waals surface area contributed by atoms with Gasteiger partial charge in [0.2, 0.25) is 5.91 Å². The molecule has 1 aromatic heterocycles. The van der Waals surface area contributed by atoms with Gasteiger partial charge in [-0.1, -0.05) is 47.5 Å². The summed E-state index contributed by atoms with van der Waals surface area (Å²) in [6.07, 6.45) is 12.4. The van der Waals surface area contributed by atoms with Crippen LogP contribution >= 0.6 is 23.2 Å². The molecule has 5 rings (SSSR count). The van der Waals surface area contributed by atoms with Crippen LogP contribution in [0.1, 0.15) is 55.6 Å². The van der Waals surface area contributed by atoms with E-state index in [9.17, 15) is 4.79 Å². The summed E-state index contributed by atoms with van der Waals surface area (Å²) in [5.74, 6) is 0.597. The lowest BCUT2D eigenvalue weighted by Crippen LogP contribution is -2.46. The Morgan fingerprint density at radius 1 is 0.971 bits per heavy atom. The second-order valence-electron chi connectivity index (χ2n) is 9.62. The molecular formula is C28H31Cl2N3O. The Morgan fingerprint density at radius 2 is 1.74 bits per heavy atom. The van der Waals surface area contributed by atoms with E-state index in [4.69, 9.17) is 23.2 Å². The van der Waals surface area contributed by atoms with E-state index in [1.165, 1.54) is 29.3 Å². The summed E-state index contributed by atoms with van der Waals surface area (Å²) >= 11 is 12.0. The van der Waals surface area contributed by atoms with Crippen molar-refractivity contribution in [1.82, 2.24) is 15.2 Å². The normalized spacial score (nSPS) is 22.4. The van der Waals surface area contributed by atoms with Crippen LogP contribution in [0.25, 0.3) is 17.0 Å². The number of aromatic nitrogens is 1. The number of carbonyl (C=O) groups excluding carboxylic acids is 1. The fraction of sp³-hybridized carbons (Fsp3) is 0.393. The molecule has 1 saturated carbocycles. The van der Waals surface area contributed by atoms with Gasteiger partial charge in [0, 0.05) is 35.3 Å². The van der Waals surface area contributed by atoms with Gasteiger partial charge in [-0.15, -0.1) is 0 Å². The second-order valence-corrected chi connectivity index (χ2v) is 10.4. The third-order valence-corrected chi connectivity index (χ3v) is 8.26. The van der Waals surface area contributed by atoms with E-state index in [2.05, 4.69) is 45.7 Å². The van der Waals surface area contributed by atoms with Gasteiger partial charge < -0.3 is 15.2 Å². The Kier molecular flexibility index (Phi) is 7.29. The van der Waals surface area contributed by atoms with E-state index in [0.717, 1.165) is 44.3 Å². The molecule has 0 atom stereocenters. The number of likely N-dealkylation sites (tertiary alicyclic amines) is 1. The summed E-state index contributed by atoms with van der Waals surface area (Å²) in [5, 5.41) is 5.56. The lowest BCUT2D eigenvalue weighted by atomic mass is 9.85. The zero-order valence-corrected chi connectivity index (χ0v) is 20.8. The molecule has 2 fully saturated rings. The average Bonchev–Trinajstić information content (AvgIpc) is 3.30. The van der Waals surface area contributed by atoms with Crippen molar-refractivity contribution in [3.8, 4) is 0 Å². The average molecular weight is 496 g/mol. The number of nitrogens with zero attached hydrogens (tertiary/aromatic N) is 1. The molecule has 1 amide bonds. The van der Waals surface area contributed by atoms with Gasteiger partial charge in [0.25, 0.3) is 0 Å². The molecule has 3 aromatic rings. The molecule has 4 nitrogen and oxygen atoms in total. The minimum atomic E-state index is -0.0472. The first-order valence-electron chi connectivity index (χ1n) is 12.3. The number of nitrogens with one attached hydrogen (secondary N) is 2. The van der Waals surface area contributed by atoms with Crippen molar-refractivity contribution in [2.45, 2.75) is 56.5 Å². The highest BCUT2D eigenvalue weighted by Gasteiger charge is 2.30. The molecule has 1 aliphatic carbocycles. The number of hydrogen-bond acceptors (Lipinski definition) is 2. The van der Waals surface area contributed by atoms with Gasteiger partial charge in [0.1, 0.15) is 0 Å². The number of H-pyrrole nitrogens is 1. The highest BCUT2D eigenvalue weighted by atomic mass is 35.5. The highest BCUT2D eigenvalue weighted by Crippen LogP contribution is 2.35. The maximum atomic E-state index is 12.4.